The van der Waals surface area contributed by atoms with Gasteiger partial charge in [-0.2, -0.15) is 0 Å². The van der Waals surface area contributed by atoms with E-state index in [4.69, 9.17) is 4.98 Å². The minimum Gasteiger partial charge on any atom is -0.386 e. The number of aryl methyl sites for hydroxylation is 2. The maximum atomic E-state index is 14.1. The van der Waals surface area contributed by atoms with Gasteiger partial charge in [0.25, 0.3) is 0 Å². The van der Waals surface area contributed by atoms with Crippen molar-refractivity contribution >= 4 is 16.6 Å². The van der Waals surface area contributed by atoms with Crippen molar-refractivity contribution in [1.29, 1.82) is 0 Å². The second kappa shape index (κ2) is 8.05. The number of nitrogens with one attached hydrogen (secondary N) is 2. The third-order valence-corrected chi connectivity index (χ3v) is 5.40. The highest BCUT2D eigenvalue weighted by atomic mass is 19.1. The summed E-state index contributed by atoms with van der Waals surface area (Å²) in [5.41, 5.74) is 8.41. The predicted molar refractivity (Wildman–Crippen MR) is 112 cm³/mol. The molecule has 1 aromatic carbocycles. The SMILES string of the molecule is C=C/C(C)=C(\C=C(/NC)c1nc2cc(F)cc3c2c(c1C)CCC3)CNC. The molecule has 3 rings (SSSR count). The third-order valence-electron chi connectivity index (χ3n) is 5.40. The van der Waals surface area contributed by atoms with Crippen LogP contribution in [0.4, 0.5) is 4.39 Å². The summed E-state index contributed by atoms with van der Waals surface area (Å²) >= 11 is 0. The fourth-order valence-electron chi connectivity index (χ4n) is 3.91. The van der Waals surface area contributed by atoms with Gasteiger partial charge in [0.2, 0.25) is 0 Å². The van der Waals surface area contributed by atoms with Crippen LogP contribution in [0.3, 0.4) is 0 Å². The molecule has 1 aromatic heterocycles. The fourth-order valence-corrected chi connectivity index (χ4v) is 3.91. The molecule has 1 heterocycles. The Balaban J connectivity index is 2.25. The lowest BCUT2D eigenvalue weighted by atomic mass is 9.86. The molecule has 1 aliphatic carbocycles. The van der Waals surface area contributed by atoms with Crippen LogP contribution in [0, 0.1) is 12.7 Å². The second-order valence-corrected chi connectivity index (χ2v) is 7.13. The highest BCUT2D eigenvalue weighted by molar-refractivity contribution is 5.90. The van der Waals surface area contributed by atoms with Gasteiger partial charge in [0.05, 0.1) is 16.9 Å². The van der Waals surface area contributed by atoms with E-state index in [2.05, 4.69) is 37.1 Å². The van der Waals surface area contributed by atoms with E-state index in [1.54, 1.807) is 12.1 Å². The zero-order valence-electron chi connectivity index (χ0n) is 16.7. The summed E-state index contributed by atoms with van der Waals surface area (Å²) in [6.07, 6.45) is 6.96. The van der Waals surface area contributed by atoms with E-state index in [0.717, 1.165) is 64.8 Å². The average molecular weight is 365 g/mol. The number of allylic oxidation sites excluding steroid dienone is 2. The summed E-state index contributed by atoms with van der Waals surface area (Å²) < 4.78 is 14.1. The van der Waals surface area contributed by atoms with Gasteiger partial charge in [-0.05, 0) is 80.1 Å². The number of benzene rings is 1. The molecule has 0 unspecified atom stereocenters. The van der Waals surface area contributed by atoms with E-state index >= 15 is 0 Å². The molecule has 0 atom stereocenters. The van der Waals surface area contributed by atoms with Crippen molar-refractivity contribution in [3.8, 4) is 0 Å². The predicted octanol–water partition coefficient (Wildman–Crippen LogP) is 4.45. The van der Waals surface area contributed by atoms with E-state index in [9.17, 15) is 4.39 Å². The Bertz CT molecular complexity index is 954. The van der Waals surface area contributed by atoms with Gasteiger partial charge in [0.15, 0.2) is 0 Å². The van der Waals surface area contributed by atoms with Gasteiger partial charge in [-0.3, -0.25) is 0 Å². The number of rotatable bonds is 6. The molecule has 0 saturated heterocycles. The number of hydrogen-bond acceptors (Lipinski definition) is 3. The molecule has 0 spiro atoms. The summed E-state index contributed by atoms with van der Waals surface area (Å²) in [6.45, 7) is 8.81. The summed E-state index contributed by atoms with van der Waals surface area (Å²) in [7, 11) is 3.83. The van der Waals surface area contributed by atoms with Crippen LogP contribution in [0.15, 0.2) is 42.0 Å². The van der Waals surface area contributed by atoms with Gasteiger partial charge >= 0.3 is 0 Å². The number of pyridine rings is 1. The number of likely N-dealkylation sites (N-methyl/N-ethyl adjacent to an activating group) is 1. The van der Waals surface area contributed by atoms with Crippen LogP contribution in [0.25, 0.3) is 16.6 Å². The van der Waals surface area contributed by atoms with Crippen LogP contribution in [-0.2, 0) is 12.8 Å². The third kappa shape index (κ3) is 3.67. The molecule has 0 saturated carbocycles. The molecule has 0 fully saturated rings. The quantitative estimate of drug-likeness (QED) is 0.743. The van der Waals surface area contributed by atoms with Crippen molar-refractivity contribution in [1.82, 2.24) is 15.6 Å². The zero-order valence-corrected chi connectivity index (χ0v) is 16.7. The summed E-state index contributed by atoms with van der Waals surface area (Å²) in [5.74, 6) is -0.207. The highest BCUT2D eigenvalue weighted by Crippen LogP contribution is 2.34. The van der Waals surface area contributed by atoms with Crippen molar-refractivity contribution in [2.24, 2.45) is 0 Å². The fraction of sp³-hybridized carbons (Fsp3) is 0.348. The van der Waals surface area contributed by atoms with Gasteiger partial charge in [-0.25, -0.2) is 9.37 Å². The van der Waals surface area contributed by atoms with Crippen LogP contribution in [0.2, 0.25) is 0 Å². The van der Waals surface area contributed by atoms with E-state index in [0.29, 0.717) is 0 Å². The molecule has 0 aliphatic heterocycles. The van der Waals surface area contributed by atoms with Gasteiger partial charge in [0, 0.05) is 25.0 Å². The number of hydrogen-bond donors (Lipinski definition) is 2. The van der Waals surface area contributed by atoms with Crippen molar-refractivity contribution in [2.45, 2.75) is 33.1 Å². The number of halogens is 1. The van der Waals surface area contributed by atoms with Crippen molar-refractivity contribution in [3.63, 3.8) is 0 Å². The largest absolute Gasteiger partial charge is 0.386 e. The summed E-state index contributed by atoms with van der Waals surface area (Å²) in [6, 6.07) is 3.23. The minimum atomic E-state index is -0.207. The van der Waals surface area contributed by atoms with Gasteiger partial charge in [-0.15, -0.1) is 0 Å². The van der Waals surface area contributed by atoms with Crippen molar-refractivity contribution in [3.05, 3.63) is 70.2 Å². The first-order valence-electron chi connectivity index (χ1n) is 9.48. The molecule has 27 heavy (non-hydrogen) atoms. The summed E-state index contributed by atoms with van der Waals surface area (Å²) in [4.78, 5) is 4.87. The van der Waals surface area contributed by atoms with Gasteiger partial charge in [0.1, 0.15) is 5.82 Å². The molecule has 2 N–H and O–H groups in total. The number of aromatic nitrogens is 1. The molecule has 0 amide bonds. The molecule has 3 nitrogen and oxygen atoms in total. The van der Waals surface area contributed by atoms with E-state index in [1.165, 1.54) is 11.1 Å². The minimum absolute atomic E-state index is 0.207. The number of nitrogens with zero attached hydrogens (tertiary/aromatic N) is 1. The Labute approximate surface area is 161 Å². The lowest BCUT2D eigenvalue weighted by Crippen LogP contribution is -2.15. The van der Waals surface area contributed by atoms with Crippen molar-refractivity contribution in [2.75, 3.05) is 20.6 Å². The molecule has 0 radical (unpaired) electrons. The van der Waals surface area contributed by atoms with E-state index in [-0.39, 0.29) is 5.82 Å². The molecule has 0 bridgehead atoms. The first-order chi connectivity index (χ1) is 13.0. The normalized spacial score (nSPS) is 14.9. The zero-order chi connectivity index (χ0) is 19.6. The van der Waals surface area contributed by atoms with Crippen LogP contribution < -0.4 is 10.6 Å². The Morgan fingerprint density at radius 1 is 1.30 bits per heavy atom. The highest BCUT2D eigenvalue weighted by Gasteiger charge is 2.20. The molecular formula is C23H28FN3. The van der Waals surface area contributed by atoms with Gasteiger partial charge in [-0.1, -0.05) is 12.7 Å². The molecule has 142 valence electrons. The Morgan fingerprint density at radius 2 is 2.07 bits per heavy atom. The smallest absolute Gasteiger partial charge is 0.125 e. The average Bonchev–Trinajstić information content (AvgIpc) is 2.67. The maximum absolute atomic E-state index is 14.1. The lowest BCUT2D eigenvalue weighted by Gasteiger charge is -2.22. The molecule has 2 aromatic rings. The standard InChI is InChI=1S/C23H28FN3/c1-6-14(2)17(13-25-4)11-21(26-5)23-15(3)19-9-7-8-16-10-18(24)12-20(27-23)22(16)19/h6,10-12,25-26H,1,7-9,13H2,2-5H3/b17-14+,21-11-. The molecule has 1 aliphatic rings. The Morgan fingerprint density at radius 3 is 2.74 bits per heavy atom. The Kier molecular flexibility index (Phi) is 5.76. The Hall–Kier alpha value is -2.46. The summed E-state index contributed by atoms with van der Waals surface area (Å²) in [5, 5.41) is 7.65. The van der Waals surface area contributed by atoms with E-state index < -0.39 is 0 Å². The lowest BCUT2D eigenvalue weighted by molar-refractivity contribution is 0.625. The van der Waals surface area contributed by atoms with Crippen LogP contribution in [-0.4, -0.2) is 25.6 Å². The monoisotopic (exact) mass is 365 g/mol. The first-order valence-corrected chi connectivity index (χ1v) is 9.48. The first kappa shape index (κ1) is 19.3. The topological polar surface area (TPSA) is 37.0 Å². The van der Waals surface area contributed by atoms with E-state index in [1.807, 2.05) is 20.2 Å². The molecule has 4 heteroatoms. The second-order valence-electron chi connectivity index (χ2n) is 7.13. The van der Waals surface area contributed by atoms with Crippen LogP contribution in [0.5, 0.6) is 0 Å². The van der Waals surface area contributed by atoms with Crippen LogP contribution >= 0.6 is 0 Å². The van der Waals surface area contributed by atoms with Crippen LogP contribution in [0.1, 0.15) is 35.7 Å². The molecular weight excluding hydrogens is 337 g/mol. The maximum Gasteiger partial charge on any atom is 0.125 e. The van der Waals surface area contributed by atoms with Gasteiger partial charge < -0.3 is 10.6 Å². The van der Waals surface area contributed by atoms with Crippen molar-refractivity contribution < 1.29 is 4.39 Å².